The van der Waals surface area contributed by atoms with Crippen molar-refractivity contribution in [2.45, 2.75) is 37.5 Å². The van der Waals surface area contributed by atoms with Gasteiger partial charge in [0.15, 0.2) is 46.0 Å². The Labute approximate surface area is 368 Å². The Morgan fingerprint density at radius 1 is 0.391 bits per heavy atom. The summed E-state index contributed by atoms with van der Waals surface area (Å²) in [6.45, 7) is 0. The molecule has 0 saturated heterocycles. The molecule has 9 rings (SSSR count). The number of phenols is 8. The van der Waals surface area contributed by atoms with E-state index in [1.807, 2.05) is 48.5 Å². The van der Waals surface area contributed by atoms with Gasteiger partial charge < -0.3 is 51.1 Å². The van der Waals surface area contributed by atoms with Crippen molar-refractivity contribution < 1.29 is 51.1 Å². The van der Waals surface area contributed by atoms with Gasteiger partial charge in [0.1, 0.15) is 11.5 Å². The first-order valence-electron chi connectivity index (χ1n) is 20.7. The van der Waals surface area contributed by atoms with Crippen LogP contribution in [0.3, 0.4) is 0 Å². The van der Waals surface area contributed by atoms with E-state index in [1.54, 1.807) is 24.3 Å². The summed E-state index contributed by atoms with van der Waals surface area (Å²) in [6.07, 6.45) is 5.64. The standard InChI is InChI=1S/C54H44O10/c55-44-11-5-6-30(22-48(44)59)18-34-26-38(27-35(52(34)63)19-31-12-15-45(56)49(60)23-31)54(42-9-3-1-7-40(42)41-8-2-4-10-43(41)54)39-28-36(20-32-13-16-46(57)50(61)24-32)53(64)37(29-39)21-33-14-17-47(58)51(62)25-33/h1-5,7-17,22-29,55-64H,6,18-21H2. The molecular formula is C54H44O10. The molecule has 0 amide bonds. The van der Waals surface area contributed by atoms with Crippen molar-refractivity contribution in [1.82, 2.24) is 0 Å². The number of hydrogen-bond acceptors (Lipinski definition) is 10. The molecule has 10 N–H and O–H groups in total. The zero-order valence-corrected chi connectivity index (χ0v) is 34.4. The van der Waals surface area contributed by atoms with Gasteiger partial charge in [-0.15, -0.1) is 0 Å². The van der Waals surface area contributed by atoms with E-state index in [-0.39, 0.29) is 83.2 Å². The predicted octanol–water partition coefficient (Wildman–Crippen LogP) is 10.2. The van der Waals surface area contributed by atoms with E-state index < -0.39 is 5.41 Å². The quantitative estimate of drug-likeness (QED) is 0.0590. The Morgan fingerprint density at radius 2 is 0.781 bits per heavy atom. The van der Waals surface area contributed by atoms with Crippen LogP contribution in [-0.4, -0.2) is 51.1 Å². The molecule has 64 heavy (non-hydrogen) atoms. The van der Waals surface area contributed by atoms with Crippen LogP contribution in [0.2, 0.25) is 0 Å². The number of aliphatic hydroxyl groups excluding tert-OH is 2. The number of allylic oxidation sites excluding steroid dienone is 4. The molecule has 0 spiro atoms. The fourth-order valence-electron chi connectivity index (χ4n) is 9.31. The van der Waals surface area contributed by atoms with E-state index in [0.29, 0.717) is 50.9 Å². The molecule has 2 aliphatic carbocycles. The molecular weight excluding hydrogens is 809 g/mol. The molecule has 10 nitrogen and oxygen atoms in total. The fourth-order valence-corrected chi connectivity index (χ4v) is 9.31. The van der Waals surface area contributed by atoms with E-state index in [4.69, 9.17) is 0 Å². The molecule has 10 heteroatoms. The van der Waals surface area contributed by atoms with Gasteiger partial charge in [0, 0.05) is 19.3 Å². The van der Waals surface area contributed by atoms with Crippen LogP contribution in [0.5, 0.6) is 46.0 Å². The van der Waals surface area contributed by atoms with Crippen molar-refractivity contribution in [3.63, 3.8) is 0 Å². The second kappa shape index (κ2) is 16.2. The molecule has 2 aliphatic rings. The maximum absolute atomic E-state index is 12.3. The molecule has 0 atom stereocenters. The zero-order valence-electron chi connectivity index (χ0n) is 34.4. The average Bonchev–Trinajstić information content (AvgIpc) is 3.48. The van der Waals surface area contributed by atoms with E-state index in [0.717, 1.165) is 33.4 Å². The summed E-state index contributed by atoms with van der Waals surface area (Å²) in [7, 11) is 0. The lowest BCUT2D eigenvalue weighted by Crippen LogP contribution is -2.29. The lowest BCUT2D eigenvalue weighted by atomic mass is 9.66. The molecule has 0 fully saturated rings. The summed E-state index contributed by atoms with van der Waals surface area (Å²) >= 11 is 0. The van der Waals surface area contributed by atoms with Gasteiger partial charge in [0.25, 0.3) is 0 Å². The molecule has 0 unspecified atom stereocenters. The van der Waals surface area contributed by atoms with Crippen LogP contribution < -0.4 is 0 Å². The van der Waals surface area contributed by atoms with Crippen molar-refractivity contribution in [3.8, 4) is 57.1 Å². The van der Waals surface area contributed by atoms with Crippen molar-refractivity contribution in [1.29, 1.82) is 0 Å². The molecule has 0 heterocycles. The number of hydrogen-bond donors (Lipinski definition) is 10. The number of fused-ring (bicyclic) bond motifs is 3. The monoisotopic (exact) mass is 852 g/mol. The Balaban J connectivity index is 1.35. The molecule has 0 bridgehead atoms. The highest BCUT2D eigenvalue weighted by molar-refractivity contribution is 5.87. The molecule has 0 aliphatic heterocycles. The number of phenolic OH excluding ortho intramolecular Hbond substituents is 8. The van der Waals surface area contributed by atoms with E-state index in [2.05, 4.69) is 24.3 Å². The van der Waals surface area contributed by atoms with Gasteiger partial charge in [0.2, 0.25) is 0 Å². The van der Waals surface area contributed by atoms with E-state index in [9.17, 15) is 51.1 Å². The van der Waals surface area contributed by atoms with Gasteiger partial charge in [-0.3, -0.25) is 0 Å². The summed E-state index contributed by atoms with van der Waals surface area (Å²) in [6, 6.07) is 37.4. The van der Waals surface area contributed by atoms with E-state index >= 15 is 0 Å². The molecule has 0 aromatic heterocycles. The highest BCUT2D eigenvalue weighted by Gasteiger charge is 2.47. The third-order valence-electron chi connectivity index (χ3n) is 12.3. The predicted molar refractivity (Wildman–Crippen MR) is 243 cm³/mol. The van der Waals surface area contributed by atoms with Crippen LogP contribution >= 0.6 is 0 Å². The van der Waals surface area contributed by atoms with Gasteiger partial charge in [-0.05, 0) is 134 Å². The lowest BCUT2D eigenvalue weighted by molar-refractivity contribution is 0.352. The smallest absolute Gasteiger partial charge is 0.157 e. The number of benzene rings is 7. The maximum Gasteiger partial charge on any atom is 0.157 e. The first kappa shape index (κ1) is 41.1. The first-order valence-corrected chi connectivity index (χ1v) is 20.7. The van der Waals surface area contributed by atoms with Crippen LogP contribution in [0.4, 0.5) is 0 Å². The minimum atomic E-state index is -1.13. The van der Waals surface area contributed by atoms with Crippen LogP contribution in [0, 0.1) is 0 Å². The maximum atomic E-state index is 12.3. The van der Waals surface area contributed by atoms with Crippen LogP contribution in [-0.2, 0) is 31.1 Å². The van der Waals surface area contributed by atoms with Gasteiger partial charge >= 0.3 is 0 Å². The molecule has 320 valence electrons. The molecule has 0 radical (unpaired) electrons. The normalized spacial score (nSPS) is 13.9. The highest BCUT2D eigenvalue weighted by Crippen LogP contribution is 2.57. The van der Waals surface area contributed by atoms with Crippen LogP contribution in [0.1, 0.15) is 67.6 Å². The van der Waals surface area contributed by atoms with Crippen LogP contribution in [0.15, 0.2) is 163 Å². The summed E-state index contributed by atoms with van der Waals surface area (Å²) in [5.74, 6) is -2.41. The molecule has 7 aromatic carbocycles. The fraction of sp³-hybridized carbons (Fsp3) is 0.111. The van der Waals surface area contributed by atoms with Crippen LogP contribution in [0.25, 0.3) is 11.1 Å². The lowest BCUT2D eigenvalue weighted by Gasteiger charge is -2.36. The summed E-state index contributed by atoms with van der Waals surface area (Å²) in [5.41, 5.74) is 8.66. The van der Waals surface area contributed by atoms with Crippen molar-refractivity contribution in [2.24, 2.45) is 0 Å². The van der Waals surface area contributed by atoms with Gasteiger partial charge in [0.05, 0.1) is 5.41 Å². The van der Waals surface area contributed by atoms with Crippen molar-refractivity contribution in [2.75, 3.05) is 0 Å². The topological polar surface area (TPSA) is 202 Å². The number of aliphatic hydroxyl groups is 2. The SMILES string of the molecule is OC1=C(O)C=C(Cc2cc(C3(c4cc(Cc5ccc(O)c(O)c5)c(O)c(Cc5ccc(O)c(O)c5)c4)c4ccccc4-c4ccccc43)cc(Cc3ccc(O)c(O)c3)c2O)CC=C1. The first-order chi connectivity index (χ1) is 30.8. The summed E-state index contributed by atoms with van der Waals surface area (Å²) < 4.78 is 0. The Hall–Kier alpha value is -8.24. The second-order valence-electron chi connectivity index (χ2n) is 16.5. The Morgan fingerprint density at radius 3 is 1.19 bits per heavy atom. The summed E-state index contributed by atoms with van der Waals surface area (Å²) in [5, 5.41) is 107. The largest absolute Gasteiger partial charge is 0.507 e. The number of rotatable bonds is 10. The summed E-state index contributed by atoms with van der Waals surface area (Å²) in [4.78, 5) is 0. The number of aromatic hydroxyl groups is 8. The molecule has 7 aromatic rings. The third kappa shape index (κ3) is 7.34. The van der Waals surface area contributed by atoms with Gasteiger partial charge in [-0.2, -0.15) is 0 Å². The van der Waals surface area contributed by atoms with Crippen molar-refractivity contribution >= 4 is 0 Å². The third-order valence-corrected chi connectivity index (χ3v) is 12.3. The minimum Gasteiger partial charge on any atom is -0.507 e. The highest BCUT2D eigenvalue weighted by atomic mass is 16.3. The van der Waals surface area contributed by atoms with Gasteiger partial charge in [-0.25, -0.2) is 0 Å². The average molecular weight is 853 g/mol. The molecule has 0 saturated carbocycles. The van der Waals surface area contributed by atoms with Gasteiger partial charge in [-0.1, -0.05) is 103 Å². The van der Waals surface area contributed by atoms with E-state index in [1.165, 1.54) is 48.6 Å². The Bertz CT molecular complexity index is 2980. The second-order valence-corrected chi connectivity index (χ2v) is 16.5. The van der Waals surface area contributed by atoms with Crippen molar-refractivity contribution in [3.05, 3.63) is 224 Å². The minimum absolute atomic E-state index is 0.0146. The zero-order chi connectivity index (χ0) is 44.9. The Kier molecular flexibility index (Phi) is 10.4.